The third-order valence-electron chi connectivity index (χ3n) is 4.84. The number of carbonyl (C=O) groups is 1. The molecule has 0 unspecified atom stereocenters. The molecule has 3 aromatic rings. The molecule has 0 radical (unpaired) electrons. The van der Waals surface area contributed by atoms with E-state index in [1.54, 1.807) is 24.3 Å². The molecular weight excluding hydrogens is 360 g/mol. The molecule has 4 rings (SSSR count). The van der Waals surface area contributed by atoms with Crippen LogP contribution in [-0.2, 0) is 11.3 Å². The number of nitrogens with zero attached hydrogens (tertiary/aromatic N) is 1. The smallest absolute Gasteiger partial charge is 0.290 e. The lowest BCUT2D eigenvalue weighted by Crippen LogP contribution is -2.30. The molecule has 1 aliphatic rings. The van der Waals surface area contributed by atoms with E-state index in [0.717, 1.165) is 17.7 Å². The molecule has 0 spiro atoms. The molecule has 3 nitrogen and oxygen atoms in total. The molecular formula is C23H17F2NO2. The van der Waals surface area contributed by atoms with Gasteiger partial charge in [0.15, 0.2) is 17.4 Å². The van der Waals surface area contributed by atoms with Crippen LogP contribution in [0.1, 0.15) is 22.7 Å². The molecule has 1 heterocycles. The van der Waals surface area contributed by atoms with Gasteiger partial charge in [-0.25, -0.2) is 8.78 Å². The van der Waals surface area contributed by atoms with Crippen LogP contribution in [0.2, 0.25) is 0 Å². The summed E-state index contributed by atoms with van der Waals surface area (Å²) in [6.45, 7) is 0.226. The van der Waals surface area contributed by atoms with Gasteiger partial charge in [0.2, 0.25) is 0 Å². The van der Waals surface area contributed by atoms with E-state index in [1.165, 1.54) is 11.0 Å². The van der Waals surface area contributed by atoms with Gasteiger partial charge in [-0.3, -0.25) is 4.79 Å². The van der Waals surface area contributed by atoms with Crippen molar-refractivity contribution in [3.05, 3.63) is 113 Å². The Hall–Kier alpha value is -3.47. The van der Waals surface area contributed by atoms with Gasteiger partial charge < -0.3 is 10.0 Å². The van der Waals surface area contributed by atoms with E-state index in [9.17, 15) is 18.7 Å². The van der Waals surface area contributed by atoms with Gasteiger partial charge in [-0.05, 0) is 28.8 Å². The van der Waals surface area contributed by atoms with E-state index >= 15 is 0 Å². The Morgan fingerprint density at radius 3 is 2.14 bits per heavy atom. The summed E-state index contributed by atoms with van der Waals surface area (Å²) < 4.78 is 27.4. The molecule has 0 saturated carbocycles. The number of aliphatic hydroxyl groups excluding tert-OH is 1. The zero-order chi connectivity index (χ0) is 19.7. The second kappa shape index (κ2) is 7.27. The lowest BCUT2D eigenvalue weighted by Gasteiger charge is -2.27. The SMILES string of the molecule is O=C1C(O)=C(c2ccccc2)[C@H](c2ccc(F)c(F)c2)N1Cc1ccccc1. The Morgan fingerprint density at radius 1 is 0.857 bits per heavy atom. The van der Waals surface area contributed by atoms with Crippen LogP contribution in [0.25, 0.3) is 5.57 Å². The third-order valence-corrected chi connectivity index (χ3v) is 4.84. The Labute approximate surface area is 161 Å². The summed E-state index contributed by atoms with van der Waals surface area (Å²) in [6, 6.07) is 21.1. The fourth-order valence-corrected chi connectivity index (χ4v) is 3.54. The first-order valence-corrected chi connectivity index (χ1v) is 8.84. The van der Waals surface area contributed by atoms with Crippen molar-refractivity contribution in [1.29, 1.82) is 0 Å². The molecule has 1 aliphatic heterocycles. The zero-order valence-corrected chi connectivity index (χ0v) is 14.8. The van der Waals surface area contributed by atoms with Gasteiger partial charge in [-0.2, -0.15) is 0 Å². The van der Waals surface area contributed by atoms with E-state index < -0.39 is 23.6 Å². The molecule has 0 aromatic heterocycles. The molecule has 0 bridgehead atoms. The van der Waals surface area contributed by atoms with Gasteiger partial charge in [-0.15, -0.1) is 0 Å². The number of benzene rings is 3. The topological polar surface area (TPSA) is 40.5 Å². The molecule has 0 aliphatic carbocycles. The van der Waals surface area contributed by atoms with E-state index in [2.05, 4.69) is 0 Å². The van der Waals surface area contributed by atoms with Gasteiger partial charge >= 0.3 is 0 Å². The van der Waals surface area contributed by atoms with Crippen molar-refractivity contribution in [1.82, 2.24) is 4.90 Å². The number of aliphatic hydroxyl groups is 1. The Bertz CT molecular complexity index is 1050. The Morgan fingerprint density at radius 2 is 1.50 bits per heavy atom. The zero-order valence-electron chi connectivity index (χ0n) is 14.8. The van der Waals surface area contributed by atoms with Crippen LogP contribution in [0.3, 0.4) is 0 Å². The van der Waals surface area contributed by atoms with Crippen molar-refractivity contribution in [3.63, 3.8) is 0 Å². The summed E-state index contributed by atoms with van der Waals surface area (Å²) in [7, 11) is 0. The molecule has 140 valence electrons. The van der Waals surface area contributed by atoms with Crippen LogP contribution < -0.4 is 0 Å². The maximum atomic E-state index is 14.0. The van der Waals surface area contributed by atoms with Crippen molar-refractivity contribution in [2.45, 2.75) is 12.6 Å². The second-order valence-corrected chi connectivity index (χ2v) is 6.62. The van der Waals surface area contributed by atoms with Crippen LogP contribution >= 0.6 is 0 Å². The summed E-state index contributed by atoms with van der Waals surface area (Å²) in [5, 5.41) is 10.6. The third kappa shape index (κ3) is 3.16. The van der Waals surface area contributed by atoms with Crippen molar-refractivity contribution in [2.24, 2.45) is 0 Å². The van der Waals surface area contributed by atoms with Crippen molar-refractivity contribution in [3.8, 4) is 0 Å². The van der Waals surface area contributed by atoms with E-state index in [4.69, 9.17) is 0 Å². The molecule has 1 atom stereocenters. The lowest BCUT2D eigenvalue weighted by molar-refractivity contribution is -0.130. The summed E-state index contributed by atoms with van der Waals surface area (Å²) in [5.41, 5.74) is 2.29. The average Bonchev–Trinajstić information content (AvgIpc) is 2.96. The molecule has 0 saturated heterocycles. The van der Waals surface area contributed by atoms with Crippen LogP contribution in [0.5, 0.6) is 0 Å². The second-order valence-electron chi connectivity index (χ2n) is 6.62. The number of hydrogen-bond acceptors (Lipinski definition) is 2. The standard InChI is InChI=1S/C23H17F2NO2/c24-18-12-11-17(13-19(18)25)21-20(16-9-5-2-6-10-16)22(27)23(28)26(21)14-15-7-3-1-4-8-15/h1-13,21,27H,14H2/t21-/m0/s1. The minimum Gasteiger partial charge on any atom is -0.503 e. The number of hydrogen-bond donors (Lipinski definition) is 1. The van der Waals surface area contributed by atoms with Crippen LogP contribution in [0.15, 0.2) is 84.6 Å². The van der Waals surface area contributed by atoms with Gasteiger partial charge in [0.05, 0.1) is 6.04 Å². The largest absolute Gasteiger partial charge is 0.503 e. The summed E-state index contributed by atoms with van der Waals surface area (Å²) in [4.78, 5) is 14.4. The van der Waals surface area contributed by atoms with E-state index in [-0.39, 0.29) is 12.3 Å². The lowest BCUT2D eigenvalue weighted by atomic mass is 9.93. The van der Waals surface area contributed by atoms with Crippen molar-refractivity contribution in [2.75, 3.05) is 0 Å². The molecule has 1 N–H and O–H groups in total. The predicted octanol–water partition coefficient (Wildman–Crippen LogP) is 5.02. The number of rotatable bonds is 4. The molecule has 1 amide bonds. The highest BCUT2D eigenvalue weighted by Crippen LogP contribution is 2.43. The predicted molar refractivity (Wildman–Crippen MR) is 102 cm³/mol. The molecule has 28 heavy (non-hydrogen) atoms. The fourth-order valence-electron chi connectivity index (χ4n) is 3.54. The van der Waals surface area contributed by atoms with E-state index in [0.29, 0.717) is 16.7 Å². The van der Waals surface area contributed by atoms with Crippen LogP contribution in [0, 0.1) is 11.6 Å². The number of carbonyl (C=O) groups excluding carboxylic acids is 1. The maximum absolute atomic E-state index is 14.0. The monoisotopic (exact) mass is 377 g/mol. The fraction of sp³-hybridized carbons (Fsp3) is 0.0870. The van der Waals surface area contributed by atoms with Gasteiger partial charge in [0, 0.05) is 12.1 Å². The summed E-state index contributed by atoms with van der Waals surface area (Å²) >= 11 is 0. The van der Waals surface area contributed by atoms with Crippen LogP contribution in [0.4, 0.5) is 8.78 Å². The highest BCUT2D eigenvalue weighted by atomic mass is 19.2. The van der Waals surface area contributed by atoms with Crippen molar-refractivity contribution >= 4 is 11.5 Å². The first kappa shape index (κ1) is 17.9. The number of halogens is 2. The minimum atomic E-state index is -0.997. The first-order valence-electron chi connectivity index (χ1n) is 8.84. The van der Waals surface area contributed by atoms with Gasteiger partial charge in [0.1, 0.15) is 0 Å². The minimum absolute atomic E-state index is 0.226. The van der Waals surface area contributed by atoms with Crippen LogP contribution in [-0.4, -0.2) is 15.9 Å². The average molecular weight is 377 g/mol. The van der Waals surface area contributed by atoms with Crippen molar-refractivity contribution < 1.29 is 18.7 Å². The summed E-state index contributed by atoms with van der Waals surface area (Å²) in [6.07, 6.45) is 0. The highest BCUT2D eigenvalue weighted by molar-refractivity contribution is 6.05. The Balaban J connectivity index is 1.84. The highest BCUT2D eigenvalue weighted by Gasteiger charge is 2.41. The normalized spacial score (nSPS) is 16.7. The quantitative estimate of drug-likeness (QED) is 0.694. The molecule has 0 fully saturated rings. The van der Waals surface area contributed by atoms with Gasteiger partial charge in [-0.1, -0.05) is 66.7 Å². The molecule has 3 aromatic carbocycles. The van der Waals surface area contributed by atoms with Gasteiger partial charge in [0.25, 0.3) is 5.91 Å². The van der Waals surface area contributed by atoms with E-state index in [1.807, 2.05) is 36.4 Å². The Kier molecular flexibility index (Phi) is 4.65. The summed E-state index contributed by atoms with van der Waals surface area (Å²) in [5.74, 6) is -2.88. The first-order chi connectivity index (χ1) is 13.6. The number of amides is 1. The maximum Gasteiger partial charge on any atom is 0.290 e. The molecule has 5 heteroatoms.